The second kappa shape index (κ2) is 9.70. The van der Waals surface area contributed by atoms with E-state index in [0.717, 1.165) is 21.6 Å². The van der Waals surface area contributed by atoms with Gasteiger partial charge in [0.05, 0.1) is 17.0 Å². The molecule has 0 saturated carbocycles. The molecule has 174 valence electrons. The number of hydrogen-bond donors (Lipinski definition) is 1. The first-order valence-electron chi connectivity index (χ1n) is 11.2. The first-order chi connectivity index (χ1) is 16.3. The molecule has 0 spiro atoms. The number of hydrogen-bond acceptors (Lipinski definition) is 5. The highest BCUT2D eigenvalue weighted by Gasteiger charge is 2.35. The standard InChI is InChI=1S/C27H27N3O3S/c1-27(2,3)33-26(32)30-15-14-20-16-22(34-24(20)21(30)17-28)29-25(31)23(18-10-6-4-7-11-18)19-12-8-5-9-13-19/h4-13,16,21,23H,14-15H2,1-3H3,(H,29,31). The molecule has 0 fully saturated rings. The van der Waals surface area contributed by atoms with Crippen molar-refractivity contribution in [2.24, 2.45) is 0 Å². The van der Waals surface area contributed by atoms with Crippen LogP contribution < -0.4 is 5.32 Å². The minimum absolute atomic E-state index is 0.145. The number of nitrogens with one attached hydrogen (secondary N) is 1. The zero-order valence-corrected chi connectivity index (χ0v) is 20.3. The Balaban J connectivity index is 1.58. The smallest absolute Gasteiger partial charge is 0.411 e. The van der Waals surface area contributed by atoms with Gasteiger partial charge in [0, 0.05) is 11.4 Å². The van der Waals surface area contributed by atoms with Crippen LogP contribution in [-0.2, 0) is 16.0 Å². The van der Waals surface area contributed by atoms with Crippen LogP contribution in [-0.4, -0.2) is 29.0 Å². The number of fused-ring (bicyclic) bond motifs is 1. The van der Waals surface area contributed by atoms with Crippen LogP contribution in [0.1, 0.15) is 54.3 Å². The van der Waals surface area contributed by atoms with Gasteiger partial charge in [-0.3, -0.25) is 9.69 Å². The molecule has 2 aromatic carbocycles. The zero-order chi connectivity index (χ0) is 24.3. The van der Waals surface area contributed by atoms with E-state index in [1.165, 1.54) is 16.2 Å². The average Bonchev–Trinajstić information content (AvgIpc) is 3.21. The summed E-state index contributed by atoms with van der Waals surface area (Å²) in [5, 5.41) is 13.6. The normalized spacial score (nSPS) is 15.4. The van der Waals surface area contributed by atoms with Crippen LogP contribution in [0.4, 0.5) is 9.80 Å². The highest BCUT2D eigenvalue weighted by Crippen LogP contribution is 2.39. The van der Waals surface area contributed by atoms with Gasteiger partial charge in [0.15, 0.2) is 6.04 Å². The van der Waals surface area contributed by atoms with Crippen molar-refractivity contribution >= 4 is 28.3 Å². The van der Waals surface area contributed by atoms with E-state index >= 15 is 0 Å². The van der Waals surface area contributed by atoms with Crippen molar-refractivity contribution < 1.29 is 14.3 Å². The van der Waals surface area contributed by atoms with E-state index in [1.54, 1.807) is 20.8 Å². The van der Waals surface area contributed by atoms with Gasteiger partial charge in [-0.25, -0.2) is 4.79 Å². The van der Waals surface area contributed by atoms with E-state index in [-0.39, 0.29) is 5.91 Å². The van der Waals surface area contributed by atoms with Crippen LogP contribution >= 0.6 is 11.3 Å². The Morgan fingerprint density at radius 1 is 1.09 bits per heavy atom. The summed E-state index contributed by atoms with van der Waals surface area (Å²) in [4.78, 5) is 28.4. The van der Waals surface area contributed by atoms with Gasteiger partial charge in [0.25, 0.3) is 0 Å². The molecule has 0 radical (unpaired) electrons. The van der Waals surface area contributed by atoms with E-state index in [4.69, 9.17) is 4.74 Å². The first-order valence-corrected chi connectivity index (χ1v) is 12.0. The zero-order valence-electron chi connectivity index (χ0n) is 19.4. The molecule has 1 aliphatic rings. The predicted octanol–water partition coefficient (Wildman–Crippen LogP) is 5.88. The van der Waals surface area contributed by atoms with Gasteiger partial charge in [0.2, 0.25) is 5.91 Å². The van der Waals surface area contributed by atoms with E-state index in [2.05, 4.69) is 11.4 Å². The van der Waals surface area contributed by atoms with Crippen LogP contribution in [0.15, 0.2) is 66.7 Å². The van der Waals surface area contributed by atoms with Crippen molar-refractivity contribution in [3.63, 3.8) is 0 Å². The Morgan fingerprint density at radius 3 is 2.21 bits per heavy atom. The predicted molar refractivity (Wildman–Crippen MR) is 133 cm³/mol. The van der Waals surface area contributed by atoms with Crippen LogP contribution in [0.25, 0.3) is 0 Å². The van der Waals surface area contributed by atoms with Crippen molar-refractivity contribution in [2.45, 2.75) is 44.8 Å². The number of amides is 2. The molecule has 1 N–H and O–H groups in total. The summed E-state index contributed by atoms with van der Waals surface area (Å²) >= 11 is 1.34. The monoisotopic (exact) mass is 473 g/mol. The van der Waals surface area contributed by atoms with E-state index < -0.39 is 23.7 Å². The molecular formula is C27H27N3O3S. The quantitative estimate of drug-likeness (QED) is 0.513. The Morgan fingerprint density at radius 2 is 1.68 bits per heavy atom. The number of nitriles is 1. The molecule has 0 bridgehead atoms. The molecule has 1 aliphatic heterocycles. The minimum Gasteiger partial charge on any atom is -0.444 e. The number of carbonyl (C=O) groups is 2. The number of thiophene rings is 1. The number of anilines is 1. The summed E-state index contributed by atoms with van der Waals surface area (Å²) in [7, 11) is 0. The van der Waals surface area contributed by atoms with Crippen LogP contribution in [0, 0.1) is 11.3 Å². The third kappa shape index (κ3) is 5.13. The third-order valence-corrected chi connectivity index (χ3v) is 6.69. The maximum atomic E-state index is 13.5. The second-order valence-corrected chi connectivity index (χ2v) is 10.3. The topological polar surface area (TPSA) is 82.4 Å². The summed E-state index contributed by atoms with van der Waals surface area (Å²) in [6.07, 6.45) is 0.0943. The van der Waals surface area contributed by atoms with Gasteiger partial charge in [-0.05, 0) is 49.9 Å². The van der Waals surface area contributed by atoms with Crippen molar-refractivity contribution in [3.05, 3.63) is 88.3 Å². The molecule has 1 unspecified atom stereocenters. The van der Waals surface area contributed by atoms with Gasteiger partial charge < -0.3 is 10.1 Å². The van der Waals surface area contributed by atoms with Crippen molar-refractivity contribution in [3.8, 4) is 6.07 Å². The Kier molecular flexibility index (Phi) is 6.71. The van der Waals surface area contributed by atoms with Crippen LogP contribution in [0.3, 0.4) is 0 Å². The summed E-state index contributed by atoms with van der Waals surface area (Å²) in [6.45, 7) is 5.80. The summed E-state index contributed by atoms with van der Waals surface area (Å²) < 4.78 is 5.50. The Hall–Kier alpha value is -3.63. The molecule has 2 heterocycles. The molecule has 2 amide bonds. The lowest BCUT2D eigenvalue weighted by Crippen LogP contribution is -2.42. The summed E-state index contributed by atoms with van der Waals surface area (Å²) in [5.74, 6) is -0.611. The molecule has 1 atom stereocenters. The van der Waals surface area contributed by atoms with Crippen LogP contribution in [0.2, 0.25) is 0 Å². The molecule has 0 aliphatic carbocycles. The molecule has 3 aromatic rings. The molecule has 4 rings (SSSR count). The maximum Gasteiger partial charge on any atom is 0.411 e. The number of ether oxygens (including phenoxy) is 1. The fourth-order valence-electron chi connectivity index (χ4n) is 4.07. The van der Waals surface area contributed by atoms with Gasteiger partial charge in [-0.15, -0.1) is 11.3 Å². The van der Waals surface area contributed by atoms with E-state index in [0.29, 0.717) is 18.0 Å². The van der Waals surface area contributed by atoms with Gasteiger partial charge in [-0.1, -0.05) is 60.7 Å². The Labute approximate surface area is 203 Å². The molecule has 1 aromatic heterocycles. The lowest BCUT2D eigenvalue weighted by atomic mass is 9.90. The SMILES string of the molecule is CC(C)(C)OC(=O)N1CCc2cc(NC(=O)C(c3ccccc3)c3ccccc3)sc2C1C#N. The summed E-state index contributed by atoms with van der Waals surface area (Å²) in [6, 6.07) is 22.7. The second-order valence-electron chi connectivity index (χ2n) is 9.20. The van der Waals surface area contributed by atoms with E-state index in [1.807, 2.05) is 66.7 Å². The van der Waals surface area contributed by atoms with Gasteiger partial charge >= 0.3 is 6.09 Å². The fraction of sp³-hybridized carbons (Fsp3) is 0.296. The minimum atomic E-state index is -0.742. The van der Waals surface area contributed by atoms with Crippen molar-refractivity contribution in [1.82, 2.24) is 4.90 Å². The number of rotatable bonds is 4. The van der Waals surface area contributed by atoms with E-state index in [9.17, 15) is 14.9 Å². The number of carbonyl (C=O) groups excluding carboxylic acids is 2. The Bertz CT molecular complexity index is 1170. The highest BCUT2D eigenvalue weighted by molar-refractivity contribution is 7.16. The van der Waals surface area contributed by atoms with Gasteiger partial charge in [-0.2, -0.15) is 5.26 Å². The molecular weight excluding hydrogens is 446 g/mol. The summed E-state index contributed by atoms with van der Waals surface area (Å²) in [5.41, 5.74) is 2.13. The van der Waals surface area contributed by atoms with Crippen molar-refractivity contribution in [2.75, 3.05) is 11.9 Å². The first kappa shape index (κ1) is 23.5. The van der Waals surface area contributed by atoms with Crippen LogP contribution in [0.5, 0.6) is 0 Å². The molecule has 0 saturated heterocycles. The maximum absolute atomic E-state index is 13.5. The van der Waals surface area contributed by atoms with Crippen molar-refractivity contribution in [1.29, 1.82) is 5.26 Å². The molecule has 6 nitrogen and oxygen atoms in total. The molecule has 34 heavy (non-hydrogen) atoms. The lowest BCUT2D eigenvalue weighted by Gasteiger charge is -2.33. The number of benzene rings is 2. The lowest BCUT2D eigenvalue weighted by molar-refractivity contribution is -0.116. The average molecular weight is 474 g/mol. The molecule has 7 heteroatoms. The third-order valence-electron chi connectivity index (χ3n) is 5.55. The number of nitrogens with zero attached hydrogens (tertiary/aromatic N) is 2. The highest BCUT2D eigenvalue weighted by atomic mass is 32.1. The van der Waals surface area contributed by atoms with Gasteiger partial charge in [0.1, 0.15) is 5.60 Å². The largest absolute Gasteiger partial charge is 0.444 e. The fourth-order valence-corrected chi connectivity index (χ4v) is 5.24.